The standard InChI is InChI=1S/C45H76NO10P/c1-5-29-42-39(3)40(4)43(56-42)31-26-22-18-15-16-19-23-27-32-44(48)52-36-41(37-54-57(50,51)53-35-34-46)55-45(49)33-28-24-20-14-12-10-8-6-7-9-11-13-17-21-25-30-38(2)47/h7-10,13-14,17,20,38,41,47H,5-6,11-12,15-16,18-19,21-37,46H2,1-4H3,(H,50,51)/b9-7-,10-8-,17-13-,20-14-/t38-,41+/m0/s1. The lowest BCUT2D eigenvalue weighted by Crippen LogP contribution is -2.29. The number of phosphoric ester groups is 1. The monoisotopic (exact) mass is 822 g/mol. The molecule has 1 aromatic heterocycles. The summed E-state index contributed by atoms with van der Waals surface area (Å²) in [4.78, 5) is 34.9. The van der Waals surface area contributed by atoms with E-state index in [1.807, 2.05) is 19.1 Å². The van der Waals surface area contributed by atoms with Gasteiger partial charge in [0.25, 0.3) is 0 Å². The highest BCUT2D eigenvalue weighted by molar-refractivity contribution is 7.47. The Kier molecular flexibility index (Phi) is 31.3. The van der Waals surface area contributed by atoms with E-state index in [0.717, 1.165) is 101 Å². The molecule has 326 valence electrons. The van der Waals surface area contributed by atoms with Crippen LogP contribution in [-0.2, 0) is 45.5 Å². The van der Waals surface area contributed by atoms with Crippen LogP contribution in [0.2, 0.25) is 0 Å². The minimum atomic E-state index is -4.41. The van der Waals surface area contributed by atoms with Crippen LogP contribution in [0.25, 0.3) is 0 Å². The number of aliphatic hydroxyl groups is 1. The molecule has 0 spiro atoms. The van der Waals surface area contributed by atoms with Gasteiger partial charge in [-0.05, 0) is 103 Å². The first kappa shape index (κ1) is 52.2. The number of hydrogen-bond acceptors (Lipinski definition) is 10. The van der Waals surface area contributed by atoms with Crippen LogP contribution < -0.4 is 5.73 Å². The van der Waals surface area contributed by atoms with Crippen molar-refractivity contribution in [2.24, 2.45) is 5.73 Å². The molecule has 0 saturated carbocycles. The van der Waals surface area contributed by atoms with E-state index in [2.05, 4.69) is 57.2 Å². The zero-order valence-corrected chi connectivity index (χ0v) is 36.5. The number of esters is 2. The molecule has 0 amide bonds. The van der Waals surface area contributed by atoms with E-state index >= 15 is 0 Å². The highest BCUT2D eigenvalue weighted by Gasteiger charge is 2.26. The molecule has 1 heterocycles. The van der Waals surface area contributed by atoms with Crippen LogP contribution in [0.3, 0.4) is 0 Å². The molecule has 0 bridgehead atoms. The summed E-state index contributed by atoms with van der Waals surface area (Å²) in [6.45, 7) is 7.41. The average Bonchev–Trinajstić information content (AvgIpc) is 3.44. The molecule has 12 heteroatoms. The number of aryl methyl sites for hydroxylation is 2. The van der Waals surface area contributed by atoms with Crippen LogP contribution in [0, 0.1) is 13.8 Å². The molecule has 1 aromatic rings. The Labute approximate surface area is 344 Å². The number of nitrogens with two attached hydrogens (primary N) is 1. The van der Waals surface area contributed by atoms with Gasteiger partial charge in [-0.2, -0.15) is 0 Å². The third kappa shape index (κ3) is 29.1. The number of carbonyl (C=O) groups is 2. The molecule has 0 aliphatic heterocycles. The molecule has 0 radical (unpaired) electrons. The van der Waals surface area contributed by atoms with Gasteiger partial charge in [0.15, 0.2) is 6.10 Å². The van der Waals surface area contributed by atoms with Crippen molar-refractivity contribution >= 4 is 19.8 Å². The topological polar surface area (TPSA) is 168 Å². The number of allylic oxidation sites excluding steroid dienone is 8. The molecule has 11 nitrogen and oxygen atoms in total. The second-order valence-corrected chi connectivity index (χ2v) is 16.2. The molecule has 0 aromatic carbocycles. The number of unbranched alkanes of at least 4 members (excludes halogenated alkanes) is 9. The normalized spacial score (nSPS) is 14.3. The van der Waals surface area contributed by atoms with Crippen molar-refractivity contribution in [3.8, 4) is 0 Å². The van der Waals surface area contributed by atoms with Crippen LogP contribution in [-0.4, -0.2) is 60.5 Å². The first-order chi connectivity index (χ1) is 27.5. The maximum atomic E-state index is 12.6. The first-order valence-corrected chi connectivity index (χ1v) is 23.0. The summed E-state index contributed by atoms with van der Waals surface area (Å²) in [7, 11) is -4.41. The maximum Gasteiger partial charge on any atom is 0.472 e. The van der Waals surface area contributed by atoms with E-state index in [1.165, 1.54) is 24.0 Å². The van der Waals surface area contributed by atoms with E-state index in [0.29, 0.717) is 19.3 Å². The Morgan fingerprint density at radius 1 is 0.719 bits per heavy atom. The summed E-state index contributed by atoms with van der Waals surface area (Å²) in [6.07, 6.45) is 34.1. The van der Waals surface area contributed by atoms with Gasteiger partial charge in [0.2, 0.25) is 0 Å². The predicted octanol–water partition coefficient (Wildman–Crippen LogP) is 10.6. The molecule has 0 saturated heterocycles. The lowest BCUT2D eigenvalue weighted by Gasteiger charge is -2.19. The highest BCUT2D eigenvalue weighted by Crippen LogP contribution is 2.43. The summed E-state index contributed by atoms with van der Waals surface area (Å²) >= 11 is 0. The van der Waals surface area contributed by atoms with Gasteiger partial charge in [0.05, 0.1) is 19.3 Å². The van der Waals surface area contributed by atoms with Crippen molar-refractivity contribution in [3.63, 3.8) is 0 Å². The van der Waals surface area contributed by atoms with Gasteiger partial charge >= 0.3 is 19.8 Å². The number of ether oxygens (including phenoxy) is 2. The molecule has 0 aliphatic carbocycles. The van der Waals surface area contributed by atoms with Crippen molar-refractivity contribution < 1.29 is 47.1 Å². The van der Waals surface area contributed by atoms with Gasteiger partial charge in [0, 0.05) is 32.2 Å². The smallest absolute Gasteiger partial charge is 0.466 e. The number of aliphatic hydroxyl groups excluding tert-OH is 1. The third-order valence-electron chi connectivity index (χ3n) is 9.41. The lowest BCUT2D eigenvalue weighted by atomic mass is 10.0. The number of carbonyl (C=O) groups excluding carboxylic acids is 2. The Bertz CT molecular complexity index is 1370. The second kappa shape index (κ2) is 34.1. The molecular formula is C45H76NO10P. The van der Waals surface area contributed by atoms with Gasteiger partial charge in [-0.15, -0.1) is 0 Å². The Balaban J connectivity index is 2.28. The number of phosphoric acid groups is 1. The average molecular weight is 822 g/mol. The largest absolute Gasteiger partial charge is 0.472 e. The van der Waals surface area contributed by atoms with Crippen LogP contribution in [0.5, 0.6) is 0 Å². The summed E-state index contributed by atoms with van der Waals surface area (Å²) in [6, 6.07) is 0. The van der Waals surface area contributed by atoms with E-state index < -0.39 is 32.5 Å². The van der Waals surface area contributed by atoms with Gasteiger partial charge in [-0.25, -0.2) is 4.57 Å². The minimum Gasteiger partial charge on any atom is -0.466 e. The summed E-state index contributed by atoms with van der Waals surface area (Å²) < 4.78 is 38.8. The van der Waals surface area contributed by atoms with Gasteiger partial charge in [-0.3, -0.25) is 18.6 Å². The highest BCUT2D eigenvalue weighted by atomic mass is 31.2. The fraction of sp³-hybridized carbons (Fsp3) is 0.689. The Hall–Kier alpha value is -2.79. The van der Waals surface area contributed by atoms with Gasteiger partial charge < -0.3 is 29.6 Å². The molecule has 1 unspecified atom stereocenters. The van der Waals surface area contributed by atoms with Crippen molar-refractivity contribution in [3.05, 3.63) is 71.3 Å². The van der Waals surface area contributed by atoms with Gasteiger partial charge in [0.1, 0.15) is 18.1 Å². The van der Waals surface area contributed by atoms with Crippen LogP contribution in [0.4, 0.5) is 0 Å². The second-order valence-electron chi connectivity index (χ2n) is 14.7. The van der Waals surface area contributed by atoms with Crippen LogP contribution in [0.15, 0.2) is 53.0 Å². The van der Waals surface area contributed by atoms with Crippen molar-refractivity contribution in [2.45, 2.75) is 175 Å². The molecule has 4 N–H and O–H groups in total. The maximum absolute atomic E-state index is 12.6. The molecule has 0 fully saturated rings. The molecular weight excluding hydrogens is 745 g/mol. The molecule has 3 atom stereocenters. The number of rotatable bonds is 36. The predicted molar refractivity (Wildman–Crippen MR) is 229 cm³/mol. The molecule has 0 aliphatic rings. The fourth-order valence-electron chi connectivity index (χ4n) is 5.99. The lowest BCUT2D eigenvalue weighted by molar-refractivity contribution is -0.161. The van der Waals surface area contributed by atoms with Crippen LogP contribution >= 0.6 is 7.82 Å². The fourth-order valence-corrected chi connectivity index (χ4v) is 6.75. The summed E-state index contributed by atoms with van der Waals surface area (Å²) in [5.41, 5.74) is 7.96. The number of hydrogen-bond donors (Lipinski definition) is 3. The quantitative estimate of drug-likeness (QED) is 0.0255. The third-order valence-corrected chi connectivity index (χ3v) is 10.4. The van der Waals surface area contributed by atoms with Crippen molar-refractivity contribution in [1.29, 1.82) is 0 Å². The van der Waals surface area contributed by atoms with E-state index in [-0.39, 0.29) is 38.7 Å². The van der Waals surface area contributed by atoms with E-state index in [1.54, 1.807) is 0 Å². The minimum absolute atomic E-state index is 0.0315. The van der Waals surface area contributed by atoms with E-state index in [9.17, 15) is 24.2 Å². The van der Waals surface area contributed by atoms with Crippen molar-refractivity contribution in [2.75, 3.05) is 26.4 Å². The SMILES string of the molecule is CCCc1oc(CCCCCCCCCCC(=O)OC[C@H](COP(=O)(O)OCCN)OC(=O)CCC/C=C\C/C=C\C/C=C\C/C=C\CCC[C@H](C)O)c(C)c1C. The Morgan fingerprint density at radius 2 is 1.25 bits per heavy atom. The van der Waals surface area contributed by atoms with Gasteiger partial charge in [-0.1, -0.05) is 94.1 Å². The summed E-state index contributed by atoms with van der Waals surface area (Å²) in [5.74, 6) is 1.35. The zero-order chi connectivity index (χ0) is 42.0. The molecule has 57 heavy (non-hydrogen) atoms. The first-order valence-electron chi connectivity index (χ1n) is 21.5. The number of furan rings is 1. The Morgan fingerprint density at radius 3 is 1.82 bits per heavy atom. The summed E-state index contributed by atoms with van der Waals surface area (Å²) in [5, 5.41) is 9.27. The van der Waals surface area contributed by atoms with Crippen LogP contribution in [0.1, 0.15) is 158 Å². The zero-order valence-electron chi connectivity index (χ0n) is 35.6. The molecule has 1 rings (SSSR count). The van der Waals surface area contributed by atoms with E-state index in [4.69, 9.17) is 28.7 Å². The van der Waals surface area contributed by atoms with Crippen molar-refractivity contribution in [1.82, 2.24) is 0 Å².